The van der Waals surface area contributed by atoms with E-state index in [-0.39, 0.29) is 54.1 Å². The molecular weight excluding hydrogens is 2020 g/mol. The highest BCUT2D eigenvalue weighted by Crippen LogP contribution is 2.47. The first-order chi connectivity index (χ1) is 70.3. The Hall–Kier alpha value is -17.2. The summed E-state index contributed by atoms with van der Waals surface area (Å²) in [6.45, 7) is 32.5. The average Bonchev–Trinajstić information content (AvgIpc) is 0.721. The molecule has 150 heavy (non-hydrogen) atoms. The van der Waals surface area contributed by atoms with Crippen LogP contribution in [0.15, 0.2) is 214 Å². The number of halogens is 15. The highest BCUT2D eigenvalue weighted by Gasteiger charge is 2.42. The minimum Gasteiger partial charge on any atom is -0.545 e. The molecule has 0 atom stereocenters. The lowest BCUT2D eigenvalue weighted by Crippen LogP contribution is -2.63. The predicted octanol–water partition coefficient (Wildman–Crippen LogP) is 9.46. The van der Waals surface area contributed by atoms with Crippen LogP contribution in [0.1, 0.15) is 160 Å². The van der Waals surface area contributed by atoms with Crippen LogP contribution in [-0.2, 0) is 15.3 Å². The van der Waals surface area contributed by atoms with Gasteiger partial charge in [0.1, 0.15) is 37.2 Å². The number of carboxylic acids is 5. The minimum atomic E-state index is -4.16. The molecule has 762 valence electrons. The van der Waals surface area contributed by atoms with Gasteiger partial charge >= 0.3 is 0 Å². The smallest absolute Gasteiger partial charge is 0.207 e. The van der Waals surface area contributed by atoms with Crippen molar-refractivity contribution in [3.8, 4) is 0 Å². The van der Waals surface area contributed by atoms with Crippen LogP contribution in [0.3, 0.4) is 0 Å². The first kappa shape index (κ1) is 107. The van der Waals surface area contributed by atoms with Crippen molar-refractivity contribution in [2.75, 3.05) is 28.7 Å². The Balaban J connectivity index is 0.000000140. The van der Waals surface area contributed by atoms with Crippen LogP contribution < -0.4 is 117 Å². The molecule has 35 heteroatoms. The van der Waals surface area contributed by atoms with Crippen LogP contribution in [0.5, 0.6) is 0 Å². The number of hydrogen-bond donors (Lipinski definition) is 5. The van der Waals surface area contributed by atoms with Gasteiger partial charge in [-0.05, 0) is 209 Å². The van der Waals surface area contributed by atoms with Crippen molar-refractivity contribution < 1.29 is 124 Å². The Morgan fingerprint density at radius 3 is 1.11 bits per heavy atom. The Labute approximate surface area is 849 Å². The van der Waals surface area contributed by atoms with Crippen molar-refractivity contribution in [1.82, 2.24) is 0 Å². The fraction of sp³-hybridized carbons (Fsp3) is 0.0870. The normalized spacial score (nSPS) is 13.2. The van der Waals surface area contributed by atoms with Crippen molar-refractivity contribution in [3.05, 3.63) is 456 Å². The molecule has 0 amide bonds. The number of carbonyl (C=O) groups is 5. The largest absolute Gasteiger partial charge is 0.545 e. The summed E-state index contributed by atoms with van der Waals surface area (Å²) in [5, 5.41) is 65.4. The van der Waals surface area contributed by atoms with Gasteiger partial charge in [0.05, 0.1) is 39.6 Å². The van der Waals surface area contributed by atoms with E-state index in [9.17, 15) is 102 Å². The third-order valence-electron chi connectivity index (χ3n) is 26.4. The molecule has 3 aliphatic heterocycles. The Bertz CT molecular complexity index is 9140. The zero-order valence-electron chi connectivity index (χ0n) is 80.3. The van der Waals surface area contributed by atoms with E-state index in [0.717, 1.165) is 61.8 Å². The number of benzene rings is 15. The van der Waals surface area contributed by atoms with Crippen LogP contribution in [-0.4, -0.2) is 46.3 Å². The maximum Gasteiger partial charge on any atom is 0.207 e. The molecule has 15 aromatic rings. The van der Waals surface area contributed by atoms with Crippen LogP contribution in [0.2, 0.25) is 13.1 Å². The molecule has 10 N–H and O–H groups in total. The first-order valence-corrected chi connectivity index (χ1v) is 50.1. The van der Waals surface area contributed by atoms with E-state index in [4.69, 9.17) is 28.7 Å². The maximum atomic E-state index is 15.4. The summed E-state index contributed by atoms with van der Waals surface area (Å²) < 4.78 is 247. The standard InChI is InChI=1S/C25H20F3NO2.C24H20F3NO2Si.C22H14F3NO4S.C22H14F3NO2S.C22H16F3NO2/c1-11-5-7-14-16(9-11)25(3,4)17-10-13(29)6-8-15(17)18(14)19-20(24(30)31)23(28)22(27)12(2)21(19)26;1-11-5-7-14-16(9-11)31(3,4)17-10-13(28)6-8-15(17)18(14)19-20(24(29)30)23(27)22(26)12(2)21(19)25;1-9-3-5-12-14(7-9)31(29,30)15-8-11(26)4-6-13(15)16(12)17-18(22(27)28)21(25)20(24)10(2)19(17)23;1-9-3-5-12-14(7-9)29-15-8-11(26)4-6-13(15)16(12)17-18(22(27)28)21(25)20(24)10(2)19(17)23;1-11-3-5-13(6-4-11)16(14-7-9-15(26)10-8-14)17-18(22(27)28)21(25)20(24)12(2)19(17)23/h5-10H,1,29H2,2-4H3,(H,30,31);5-10H,1,28H2,2-4H3,(H,29,30);3-8H,1,26H2,2H3,(H,27,28);3-8H,1,26H2,2H3,(H,27,28);3-10H,1,26H2,2H3,(H,27,28)/p-5. The second-order valence-corrected chi connectivity index (χ2v) is 43.9. The van der Waals surface area contributed by atoms with Gasteiger partial charge in [-0.2, -0.15) is 0 Å². The molecule has 0 saturated carbocycles. The zero-order valence-corrected chi connectivity index (χ0v) is 82.9. The van der Waals surface area contributed by atoms with E-state index in [0.29, 0.717) is 102 Å². The lowest BCUT2D eigenvalue weighted by Gasteiger charge is -2.35. The van der Waals surface area contributed by atoms with Crippen LogP contribution in [0.4, 0.5) is 94.3 Å². The molecule has 0 fully saturated rings. The molecule has 3 heterocycles. The van der Waals surface area contributed by atoms with E-state index in [2.05, 4.69) is 46.0 Å². The SMILES string of the molecule is C=c1ccc(=C(c2ccc(N)cc2)c2c(F)c(C)c(F)c(F)c2C(=O)[O-])cc1.C=c1ccc2c(c1)C(C)(C)c1cc(N)ccc1C=2c1c(F)c(C)c(F)c(F)c1C(=O)[O-].C=c1ccc2c(c1)S(=O)(=O)c1cc(N)ccc1C=2c1c(F)c(C)c(F)c(F)c1C(=O)[O-].C=c1ccc2c(c1)Sc1cc(N)ccc1C=2c1c(F)c(C)c(F)c(F)c1C(=O)[O-].C=c1ccc2c(c1)[Si](C)(C)c1cc(N)ccc1C=2c1c(F)c(C)c(F)c(F)c1C(=O)[O-]. The molecule has 15 aromatic carbocycles. The molecule has 0 radical (unpaired) electrons. The molecule has 0 spiro atoms. The van der Waals surface area contributed by atoms with Gasteiger partial charge in [-0.3, -0.25) is 0 Å². The van der Waals surface area contributed by atoms with Crippen LogP contribution in [0, 0.1) is 122 Å². The van der Waals surface area contributed by atoms with Crippen LogP contribution in [0.25, 0.3) is 60.8 Å². The topological polar surface area (TPSA) is 365 Å². The van der Waals surface area contributed by atoms with Gasteiger partial charge in [-0.1, -0.05) is 193 Å². The third-order valence-corrected chi connectivity index (χ3v) is 32.9. The van der Waals surface area contributed by atoms with Crippen molar-refractivity contribution in [2.45, 2.75) is 86.6 Å². The highest BCUT2D eigenvalue weighted by molar-refractivity contribution is 7.99. The van der Waals surface area contributed by atoms with Gasteiger partial charge in [0.2, 0.25) is 9.84 Å². The second-order valence-electron chi connectivity index (χ2n) is 36.6. The Kier molecular flexibility index (Phi) is 28.5. The van der Waals surface area contributed by atoms with E-state index in [1.165, 1.54) is 66.4 Å². The maximum absolute atomic E-state index is 15.4. The second kappa shape index (κ2) is 39.9. The van der Waals surface area contributed by atoms with Crippen molar-refractivity contribution in [1.29, 1.82) is 0 Å². The van der Waals surface area contributed by atoms with E-state index in [1.807, 2.05) is 26.0 Å². The number of carboxylic acid groups (broad SMARTS) is 5. The molecule has 0 bridgehead atoms. The fourth-order valence-corrected chi connectivity index (χ4v) is 25.0. The summed E-state index contributed by atoms with van der Waals surface area (Å²) in [4.78, 5) is 59.4. The van der Waals surface area contributed by atoms with Gasteiger partial charge in [-0.25, -0.2) is 74.3 Å². The van der Waals surface area contributed by atoms with Gasteiger partial charge in [-0.15, -0.1) is 0 Å². The zero-order chi connectivity index (χ0) is 110. The molecule has 4 aliphatic rings. The Morgan fingerprint density at radius 1 is 0.300 bits per heavy atom. The van der Waals surface area contributed by atoms with Crippen molar-refractivity contribution in [3.63, 3.8) is 0 Å². The van der Waals surface area contributed by atoms with Crippen molar-refractivity contribution >= 4 is 159 Å². The number of nitrogens with two attached hydrogens (primary N) is 5. The molecule has 0 aromatic heterocycles. The van der Waals surface area contributed by atoms with E-state index >= 15 is 22.0 Å². The van der Waals surface area contributed by atoms with Gasteiger partial charge in [0.25, 0.3) is 0 Å². The summed E-state index contributed by atoms with van der Waals surface area (Å²) in [6.07, 6.45) is 0. The molecule has 19 rings (SSSR count). The van der Waals surface area contributed by atoms with Gasteiger partial charge < -0.3 is 78.2 Å². The average molecular weight is 2100 g/mol. The molecule has 0 unspecified atom stereocenters. The number of anilines is 5. The van der Waals surface area contributed by atoms with Gasteiger partial charge in [0.15, 0.2) is 58.2 Å². The number of sulfone groups is 1. The summed E-state index contributed by atoms with van der Waals surface area (Å²) >= 11 is 1.35. The lowest BCUT2D eigenvalue weighted by atomic mass is 9.68. The molecule has 1 aliphatic carbocycles. The molecule has 0 saturated heterocycles. The molecular formula is C115H79F15N5O12S2Si-5. The predicted molar refractivity (Wildman–Crippen MR) is 534 cm³/mol. The molecule has 17 nitrogen and oxygen atoms in total. The number of carbonyl (C=O) groups excluding carboxylic acids is 5. The number of aromatic carboxylic acids is 5. The quantitative estimate of drug-likeness (QED) is 0.0348. The summed E-state index contributed by atoms with van der Waals surface area (Å²) in [7, 11) is -6.52. The number of fused-ring (bicyclic) bond motifs is 8. The minimum absolute atomic E-state index is 0.0682. The highest BCUT2D eigenvalue weighted by atomic mass is 32.2. The number of rotatable bonds is 11. The van der Waals surface area contributed by atoms with E-state index in [1.54, 1.807) is 121 Å². The monoisotopic (exact) mass is 2100 g/mol. The third kappa shape index (κ3) is 18.3. The summed E-state index contributed by atoms with van der Waals surface area (Å²) in [5.74, 6) is -32.5. The lowest BCUT2D eigenvalue weighted by molar-refractivity contribution is -0.256. The number of hydrogen-bond acceptors (Lipinski definition) is 18. The van der Waals surface area contributed by atoms with Gasteiger partial charge in [0, 0.05) is 155 Å². The fourth-order valence-electron chi connectivity index (χ4n) is 18.9. The summed E-state index contributed by atoms with van der Waals surface area (Å²) in [5.41, 5.74) is 22.0. The summed E-state index contributed by atoms with van der Waals surface area (Å²) in [6, 6.07) is 50.7. The Morgan fingerprint density at radius 2 is 0.647 bits per heavy atom. The number of nitrogen functional groups attached to an aromatic ring is 5. The van der Waals surface area contributed by atoms with Crippen LogP contribution >= 0.6 is 11.8 Å². The first-order valence-electron chi connectivity index (χ1n) is 44.8. The van der Waals surface area contributed by atoms with Crippen molar-refractivity contribution in [2.24, 2.45) is 0 Å². The van der Waals surface area contributed by atoms with E-state index < -0.39 is 224 Å².